The van der Waals surface area contributed by atoms with Crippen molar-refractivity contribution in [2.45, 2.75) is 0 Å². The second kappa shape index (κ2) is 16.2. The molecule has 0 unspecified atom stereocenters. The first-order valence-electron chi connectivity index (χ1n) is 9.74. The van der Waals surface area contributed by atoms with Crippen molar-refractivity contribution in [2.75, 3.05) is 18.6 Å². The normalized spacial score (nSPS) is 8.74. The number of phenols is 1. The van der Waals surface area contributed by atoms with Crippen LogP contribution in [0.25, 0.3) is 0 Å². The van der Waals surface area contributed by atoms with E-state index in [0.717, 1.165) is 0 Å². The number of hydrogen-bond acceptors (Lipinski definition) is 6. The fourth-order valence-corrected chi connectivity index (χ4v) is 2.41. The zero-order chi connectivity index (χ0) is 25.2. The fourth-order valence-electron chi connectivity index (χ4n) is 2.04. The van der Waals surface area contributed by atoms with Gasteiger partial charge in [0.2, 0.25) is 17.7 Å². The van der Waals surface area contributed by atoms with E-state index >= 15 is 0 Å². The Balaban J connectivity index is 0.000000302. The number of rotatable bonds is 5. The minimum atomic E-state index is -0.538. The lowest BCUT2D eigenvalue weighted by atomic mass is 10.1. The summed E-state index contributed by atoms with van der Waals surface area (Å²) in [5.74, 6) is 5.03. The Morgan fingerprint density at radius 3 is 2.24 bits per heavy atom. The predicted molar refractivity (Wildman–Crippen MR) is 132 cm³/mol. The smallest absolute Gasteiger partial charge is 0.250 e. The zero-order valence-electron chi connectivity index (χ0n) is 18.4. The van der Waals surface area contributed by atoms with Gasteiger partial charge in [-0.25, -0.2) is 0 Å². The summed E-state index contributed by atoms with van der Waals surface area (Å²) < 4.78 is 0. The molecule has 3 aromatic rings. The molecule has 0 aliphatic heterocycles. The monoisotopic (exact) mass is 476 g/mol. The number of nitrogens with one attached hydrogen (secondary N) is 1. The molecule has 174 valence electrons. The van der Waals surface area contributed by atoms with Crippen molar-refractivity contribution in [3.63, 3.8) is 0 Å². The summed E-state index contributed by atoms with van der Waals surface area (Å²) in [7, 11) is 0. The first-order valence-corrected chi connectivity index (χ1v) is 11.1. The highest BCUT2D eigenvalue weighted by Crippen LogP contribution is 2.09. The van der Waals surface area contributed by atoms with Gasteiger partial charge < -0.3 is 21.9 Å². The third-order valence-corrected chi connectivity index (χ3v) is 4.06. The van der Waals surface area contributed by atoms with Crippen molar-refractivity contribution in [3.05, 3.63) is 95.8 Å². The summed E-state index contributed by atoms with van der Waals surface area (Å²) in [5, 5.41) is 11.6. The summed E-state index contributed by atoms with van der Waals surface area (Å²) >= 11 is 1.40. The first-order chi connectivity index (χ1) is 16.3. The molecule has 9 heteroatoms. The van der Waals surface area contributed by atoms with Crippen LogP contribution < -0.4 is 16.8 Å². The van der Waals surface area contributed by atoms with Crippen LogP contribution >= 0.6 is 11.8 Å². The second-order valence-corrected chi connectivity index (χ2v) is 7.18. The molecule has 0 saturated heterocycles. The molecule has 34 heavy (non-hydrogen) atoms. The molecular weight excluding hydrogens is 452 g/mol. The minimum absolute atomic E-state index is 0.0700. The summed E-state index contributed by atoms with van der Waals surface area (Å²) in [6.07, 6.45) is 4.74. The number of carbonyl (C=O) groups excluding carboxylic acids is 3. The van der Waals surface area contributed by atoms with Crippen molar-refractivity contribution < 1.29 is 19.5 Å². The topological polar surface area (TPSA) is 148 Å². The molecule has 0 atom stereocenters. The molecular formula is C25H24N4O4S. The summed E-state index contributed by atoms with van der Waals surface area (Å²) in [6, 6.07) is 21.2. The van der Waals surface area contributed by atoms with Crippen molar-refractivity contribution in [2.24, 2.45) is 11.5 Å². The zero-order valence-corrected chi connectivity index (χ0v) is 19.3. The lowest BCUT2D eigenvalue weighted by Gasteiger charge is -1.98. The van der Waals surface area contributed by atoms with Crippen molar-refractivity contribution in [3.8, 4) is 17.6 Å². The van der Waals surface area contributed by atoms with E-state index in [4.69, 9.17) is 11.5 Å². The maximum atomic E-state index is 11.0. The number of nitrogens with two attached hydrogens (primary N) is 2. The van der Waals surface area contributed by atoms with Crippen LogP contribution in [0.1, 0.15) is 21.5 Å². The number of benzene rings is 1. The lowest BCUT2D eigenvalue weighted by Crippen LogP contribution is -2.34. The number of thioether (sulfide) groups is 1. The number of nitrogens with zero attached hydrogens (tertiary/aromatic N) is 1. The van der Waals surface area contributed by atoms with Crippen LogP contribution in [0, 0.1) is 24.0 Å². The molecule has 0 aliphatic rings. The summed E-state index contributed by atoms with van der Waals surface area (Å²) in [6.45, 7) is -0.0700. The van der Waals surface area contributed by atoms with Crippen LogP contribution in [0.4, 0.5) is 0 Å². The Labute approximate surface area is 202 Å². The van der Waals surface area contributed by atoms with Gasteiger partial charge >= 0.3 is 0 Å². The van der Waals surface area contributed by atoms with Gasteiger partial charge in [-0.3, -0.25) is 19.4 Å². The van der Waals surface area contributed by atoms with Crippen LogP contribution in [-0.2, 0) is 9.59 Å². The number of hydrogen-bond donors (Lipinski definition) is 4. The van der Waals surface area contributed by atoms with Crippen LogP contribution in [0.15, 0.2) is 67.0 Å². The number of phenolic OH excluding ortho intramolecular Hbond substituents is 1. The van der Waals surface area contributed by atoms with Crippen LogP contribution in [0.5, 0.6) is 5.75 Å². The van der Waals surface area contributed by atoms with E-state index in [0.29, 0.717) is 22.4 Å². The van der Waals surface area contributed by atoms with Gasteiger partial charge in [0.05, 0.1) is 17.9 Å². The SMILES string of the molecule is CSCC(=O)NCC(N)=O.NC(=O)c1cncc(C#Cc2cccc(O)c2)c1.c1ccccc#1. The largest absolute Gasteiger partial charge is 0.508 e. The number of carbonyl (C=O) groups is 3. The minimum Gasteiger partial charge on any atom is -0.508 e. The third kappa shape index (κ3) is 13.1. The van der Waals surface area contributed by atoms with Gasteiger partial charge in [-0.05, 0) is 42.7 Å². The first kappa shape index (κ1) is 27.6. The molecule has 6 N–H and O–H groups in total. The van der Waals surface area contributed by atoms with E-state index in [1.54, 1.807) is 36.5 Å². The van der Waals surface area contributed by atoms with Gasteiger partial charge in [0.1, 0.15) is 5.75 Å². The van der Waals surface area contributed by atoms with Gasteiger partial charge in [0.15, 0.2) is 0 Å². The van der Waals surface area contributed by atoms with E-state index in [9.17, 15) is 19.5 Å². The van der Waals surface area contributed by atoms with Crippen molar-refractivity contribution in [1.29, 1.82) is 0 Å². The van der Waals surface area contributed by atoms with E-state index in [1.165, 1.54) is 18.0 Å². The van der Waals surface area contributed by atoms with Crippen molar-refractivity contribution >= 4 is 29.5 Å². The molecule has 0 radical (unpaired) electrons. The highest BCUT2D eigenvalue weighted by Gasteiger charge is 2.00. The highest BCUT2D eigenvalue weighted by atomic mass is 32.2. The number of aromatic nitrogens is 1. The van der Waals surface area contributed by atoms with Gasteiger partial charge in [0.25, 0.3) is 0 Å². The van der Waals surface area contributed by atoms with E-state index in [-0.39, 0.29) is 18.2 Å². The Morgan fingerprint density at radius 2 is 1.71 bits per heavy atom. The van der Waals surface area contributed by atoms with Crippen molar-refractivity contribution in [1.82, 2.24) is 10.3 Å². The summed E-state index contributed by atoms with van der Waals surface area (Å²) in [4.78, 5) is 35.6. The lowest BCUT2D eigenvalue weighted by molar-refractivity contribution is -0.123. The van der Waals surface area contributed by atoms with Gasteiger partial charge in [-0.15, -0.1) is 0 Å². The van der Waals surface area contributed by atoms with E-state index in [2.05, 4.69) is 34.3 Å². The quantitative estimate of drug-likeness (QED) is 0.410. The standard InChI is InChI=1S/C14H10N2O2.C6H4.C5H10N2O2S/c15-14(18)12-6-11(8-16-9-12)5-4-10-2-1-3-13(17)7-10;1-2-4-6-5-3-1;1-10-3-5(9)7-2-4(6)8/h1-3,6-9,17H,(H2,15,18);1-4H;2-3H2,1H3,(H2,6,8)(H,7,9). The van der Waals surface area contributed by atoms with Gasteiger partial charge in [0, 0.05) is 23.5 Å². The molecule has 0 aliphatic carbocycles. The number of amides is 3. The Kier molecular flexibility index (Phi) is 13.1. The number of pyridine rings is 1. The van der Waals surface area contributed by atoms with Gasteiger partial charge in [-0.1, -0.05) is 42.2 Å². The predicted octanol–water partition coefficient (Wildman–Crippen LogP) is 1.52. The van der Waals surface area contributed by atoms with E-state index < -0.39 is 11.8 Å². The Morgan fingerprint density at radius 1 is 1.03 bits per heavy atom. The fraction of sp³-hybridized carbons (Fsp3) is 0.120. The van der Waals surface area contributed by atoms with Gasteiger partial charge in [-0.2, -0.15) is 11.8 Å². The molecule has 2 aromatic carbocycles. The third-order valence-electron chi connectivity index (χ3n) is 3.51. The average molecular weight is 477 g/mol. The Hall–Kier alpha value is -4.47. The van der Waals surface area contributed by atoms with E-state index in [1.807, 2.05) is 30.5 Å². The molecule has 0 saturated carbocycles. The number of primary amides is 2. The highest BCUT2D eigenvalue weighted by molar-refractivity contribution is 7.99. The molecule has 0 bridgehead atoms. The summed E-state index contributed by atoms with van der Waals surface area (Å²) in [5.41, 5.74) is 11.5. The number of aromatic hydroxyl groups is 1. The maximum absolute atomic E-state index is 11.0. The Bertz CT molecular complexity index is 1100. The molecule has 0 fully saturated rings. The van der Waals surface area contributed by atoms with Crippen LogP contribution in [-0.4, -0.2) is 46.4 Å². The van der Waals surface area contributed by atoms with Crippen LogP contribution in [0.2, 0.25) is 0 Å². The molecule has 0 spiro atoms. The average Bonchev–Trinajstić information content (AvgIpc) is 2.84. The molecule has 3 amide bonds. The second-order valence-electron chi connectivity index (χ2n) is 6.31. The van der Waals surface area contributed by atoms with Crippen LogP contribution in [0.3, 0.4) is 0 Å². The molecule has 8 nitrogen and oxygen atoms in total. The molecule has 1 aromatic heterocycles. The molecule has 3 rings (SSSR count). The molecule has 1 heterocycles. The maximum Gasteiger partial charge on any atom is 0.250 e.